The number of rotatable bonds is 4. The average molecular weight is 338 g/mol. The number of aromatic nitrogens is 1. The molecule has 20 heavy (non-hydrogen) atoms. The van der Waals surface area contributed by atoms with Crippen LogP contribution in [0.3, 0.4) is 0 Å². The van der Waals surface area contributed by atoms with Gasteiger partial charge >= 0.3 is 0 Å². The van der Waals surface area contributed by atoms with E-state index in [1.807, 2.05) is 38.1 Å². The minimum absolute atomic E-state index is 0.0507. The van der Waals surface area contributed by atoms with Crippen LogP contribution in [-0.4, -0.2) is 19.1 Å². The van der Waals surface area contributed by atoms with E-state index in [2.05, 4.69) is 26.2 Å². The minimum Gasteiger partial charge on any atom is -0.376 e. The molecule has 2 rings (SSSR count). The SMILES string of the molecule is CC(Nc1cccnc1N(C)C)c1ccc(F)c(Br)c1. The zero-order valence-corrected chi connectivity index (χ0v) is 13.3. The van der Waals surface area contributed by atoms with E-state index in [0.717, 1.165) is 17.1 Å². The maximum atomic E-state index is 13.3. The number of hydrogen-bond acceptors (Lipinski definition) is 3. The van der Waals surface area contributed by atoms with E-state index in [1.165, 1.54) is 6.07 Å². The van der Waals surface area contributed by atoms with Crippen molar-refractivity contribution in [2.45, 2.75) is 13.0 Å². The van der Waals surface area contributed by atoms with Crippen molar-refractivity contribution in [3.05, 3.63) is 52.4 Å². The normalized spacial score (nSPS) is 12.1. The Morgan fingerprint density at radius 3 is 2.70 bits per heavy atom. The lowest BCUT2D eigenvalue weighted by Gasteiger charge is -2.21. The van der Waals surface area contributed by atoms with Gasteiger partial charge in [0.1, 0.15) is 5.82 Å². The van der Waals surface area contributed by atoms with Gasteiger partial charge in [-0.1, -0.05) is 6.07 Å². The fourth-order valence-electron chi connectivity index (χ4n) is 1.96. The maximum Gasteiger partial charge on any atom is 0.151 e. The van der Waals surface area contributed by atoms with Gasteiger partial charge in [-0.2, -0.15) is 0 Å². The van der Waals surface area contributed by atoms with Crippen molar-refractivity contribution in [3.63, 3.8) is 0 Å². The predicted octanol–water partition coefficient (Wildman–Crippen LogP) is 4.22. The molecule has 0 fully saturated rings. The highest BCUT2D eigenvalue weighted by atomic mass is 79.9. The molecule has 0 spiro atoms. The number of benzene rings is 1. The predicted molar refractivity (Wildman–Crippen MR) is 84.7 cm³/mol. The van der Waals surface area contributed by atoms with Gasteiger partial charge in [0.2, 0.25) is 0 Å². The zero-order valence-electron chi connectivity index (χ0n) is 11.7. The highest BCUT2D eigenvalue weighted by Crippen LogP contribution is 2.27. The summed E-state index contributed by atoms with van der Waals surface area (Å²) < 4.78 is 13.7. The molecule has 5 heteroatoms. The van der Waals surface area contributed by atoms with Gasteiger partial charge in [0.25, 0.3) is 0 Å². The Kier molecular flexibility index (Phi) is 4.60. The summed E-state index contributed by atoms with van der Waals surface area (Å²) in [6, 6.07) is 8.96. The van der Waals surface area contributed by atoms with E-state index in [1.54, 1.807) is 18.3 Å². The van der Waals surface area contributed by atoms with Crippen molar-refractivity contribution >= 4 is 27.4 Å². The molecule has 1 atom stereocenters. The third-order valence-electron chi connectivity index (χ3n) is 3.03. The molecule has 0 aliphatic rings. The van der Waals surface area contributed by atoms with Gasteiger partial charge < -0.3 is 10.2 Å². The number of halogens is 2. The Morgan fingerprint density at radius 2 is 2.05 bits per heavy atom. The highest BCUT2D eigenvalue weighted by Gasteiger charge is 2.11. The van der Waals surface area contributed by atoms with Crippen LogP contribution >= 0.6 is 15.9 Å². The summed E-state index contributed by atoms with van der Waals surface area (Å²) in [4.78, 5) is 6.30. The Balaban J connectivity index is 2.23. The largest absolute Gasteiger partial charge is 0.376 e. The van der Waals surface area contributed by atoms with Gasteiger partial charge in [-0.3, -0.25) is 0 Å². The van der Waals surface area contributed by atoms with Crippen molar-refractivity contribution in [2.24, 2.45) is 0 Å². The number of nitrogens with one attached hydrogen (secondary N) is 1. The molecule has 2 aromatic rings. The number of pyridine rings is 1. The zero-order chi connectivity index (χ0) is 14.7. The fraction of sp³-hybridized carbons (Fsp3) is 0.267. The average Bonchev–Trinajstić information content (AvgIpc) is 2.42. The molecule has 0 aliphatic heterocycles. The molecule has 1 aromatic heterocycles. The van der Waals surface area contributed by atoms with Crippen LogP contribution < -0.4 is 10.2 Å². The molecular weight excluding hydrogens is 321 g/mol. The molecule has 0 radical (unpaired) electrons. The fourth-order valence-corrected chi connectivity index (χ4v) is 2.36. The lowest BCUT2D eigenvalue weighted by atomic mass is 10.1. The number of anilines is 2. The van der Waals surface area contributed by atoms with Crippen molar-refractivity contribution in [3.8, 4) is 0 Å². The van der Waals surface area contributed by atoms with Crippen LogP contribution in [0.2, 0.25) is 0 Å². The topological polar surface area (TPSA) is 28.2 Å². The summed E-state index contributed by atoms with van der Waals surface area (Å²) in [7, 11) is 3.90. The van der Waals surface area contributed by atoms with Gasteiger partial charge in [-0.25, -0.2) is 9.37 Å². The second-order valence-corrected chi connectivity index (χ2v) is 5.66. The lowest BCUT2D eigenvalue weighted by molar-refractivity contribution is 0.619. The maximum absolute atomic E-state index is 13.3. The van der Waals surface area contributed by atoms with Crippen LogP contribution in [-0.2, 0) is 0 Å². The van der Waals surface area contributed by atoms with Crippen LogP contribution in [0.1, 0.15) is 18.5 Å². The summed E-state index contributed by atoms with van der Waals surface area (Å²) in [6.07, 6.45) is 1.76. The Labute approximate surface area is 127 Å². The second kappa shape index (κ2) is 6.22. The molecule has 1 aromatic carbocycles. The van der Waals surface area contributed by atoms with Crippen LogP contribution in [0.5, 0.6) is 0 Å². The van der Waals surface area contributed by atoms with E-state index in [0.29, 0.717) is 4.47 Å². The molecule has 1 unspecified atom stereocenters. The first-order valence-electron chi connectivity index (χ1n) is 6.33. The molecule has 1 N–H and O–H groups in total. The van der Waals surface area contributed by atoms with Crippen LogP contribution in [0.4, 0.5) is 15.9 Å². The molecular formula is C15H17BrFN3. The Morgan fingerprint density at radius 1 is 1.30 bits per heavy atom. The van der Waals surface area contributed by atoms with Crippen molar-refractivity contribution < 1.29 is 4.39 Å². The van der Waals surface area contributed by atoms with E-state index in [-0.39, 0.29) is 11.9 Å². The lowest BCUT2D eigenvalue weighted by Crippen LogP contribution is -2.15. The quantitative estimate of drug-likeness (QED) is 0.905. The van der Waals surface area contributed by atoms with Gasteiger partial charge in [0, 0.05) is 26.3 Å². The standard InChI is InChI=1S/C15H17BrFN3/c1-10(11-6-7-13(17)12(16)9-11)19-14-5-4-8-18-15(14)20(2)3/h4-10,19H,1-3H3. The third kappa shape index (κ3) is 3.28. The van der Waals surface area contributed by atoms with Gasteiger partial charge in [-0.15, -0.1) is 0 Å². The van der Waals surface area contributed by atoms with Crippen LogP contribution in [0, 0.1) is 5.82 Å². The van der Waals surface area contributed by atoms with Gasteiger partial charge in [0.15, 0.2) is 5.82 Å². The van der Waals surface area contributed by atoms with Crippen molar-refractivity contribution in [2.75, 3.05) is 24.3 Å². The van der Waals surface area contributed by atoms with Gasteiger partial charge in [-0.05, 0) is 52.7 Å². The summed E-state index contributed by atoms with van der Waals surface area (Å²) >= 11 is 3.21. The molecule has 3 nitrogen and oxygen atoms in total. The van der Waals surface area contributed by atoms with E-state index < -0.39 is 0 Å². The first kappa shape index (κ1) is 14.8. The highest BCUT2D eigenvalue weighted by molar-refractivity contribution is 9.10. The molecule has 1 heterocycles. The molecule has 0 aliphatic carbocycles. The first-order chi connectivity index (χ1) is 9.49. The number of nitrogens with zero attached hydrogens (tertiary/aromatic N) is 2. The summed E-state index contributed by atoms with van der Waals surface area (Å²) in [5.74, 6) is 0.622. The summed E-state index contributed by atoms with van der Waals surface area (Å²) in [5, 5.41) is 3.41. The third-order valence-corrected chi connectivity index (χ3v) is 3.63. The summed E-state index contributed by atoms with van der Waals surface area (Å²) in [6.45, 7) is 2.03. The smallest absolute Gasteiger partial charge is 0.151 e. The van der Waals surface area contributed by atoms with Crippen LogP contribution in [0.15, 0.2) is 41.0 Å². The van der Waals surface area contributed by atoms with E-state index in [4.69, 9.17) is 0 Å². The molecule has 0 saturated heterocycles. The Bertz CT molecular complexity index is 601. The van der Waals surface area contributed by atoms with Crippen molar-refractivity contribution in [1.82, 2.24) is 4.98 Å². The molecule has 106 valence electrons. The van der Waals surface area contributed by atoms with E-state index >= 15 is 0 Å². The van der Waals surface area contributed by atoms with Crippen LogP contribution in [0.25, 0.3) is 0 Å². The van der Waals surface area contributed by atoms with E-state index in [9.17, 15) is 4.39 Å². The second-order valence-electron chi connectivity index (χ2n) is 4.81. The monoisotopic (exact) mass is 337 g/mol. The minimum atomic E-state index is -0.253. The summed E-state index contributed by atoms with van der Waals surface area (Å²) in [5.41, 5.74) is 1.96. The molecule has 0 bridgehead atoms. The number of hydrogen-bond donors (Lipinski definition) is 1. The Hall–Kier alpha value is -1.62. The first-order valence-corrected chi connectivity index (χ1v) is 7.12. The molecule has 0 saturated carbocycles. The van der Waals surface area contributed by atoms with Gasteiger partial charge in [0.05, 0.1) is 10.2 Å². The van der Waals surface area contributed by atoms with Crippen molar-refractivity contribution in [1.29, 1.82) is 0 Å². The molecule has 0 amide bonds.